The van der Waals surface area contributed by atoms with E-state index in [4.69, 9.17) is 9.47 Å². The minimum Gasteiger partial charge on any atom is -0.486 e. The van der Waals surface area contributed by atoms with Gasteiger partial charge >= 0.3 is 5.97 Å². The molecule has 0 radical (unpaired) electrons. The zero-order valence-electron chi connectivity index (χ0n) is 9.51. The van der Waals surface area contributed by atoms with E-state index >= 15 is 0 Å². The van der Waals surface area contributed by atoms with Crippen LogP contribution < -0.4 is 9.47 Å². The first-order valence-corrected chi connectivity index (χ1v) is 5.35. The Morgan fingerprint density at radius 2 is 2.12 bits per heavy atom. The highest BCUT2D eigenvalue weighted by atomic mass is 16.6. The SMILES string of the molecule is COC(=O)[C@@H](O)Cc1ccc2c(c1)OCCO2. The van der Waals surface area contributed by atoms with E-state index < -0.39 is 12.1 Å². The van der Waals surface area contributed by atoms with Gasteiger partial charge in [-0.1, -0.05) is 6.07 Å². The molecule has 0 bridgehead atoms. The molecule has 1 aliphatic rings. The molecule has 92 valence electrons. The Balaban J connectivity index is 2.09. The van der Waals surface area contributed by atoms with Crippen LogP contribution in [0.15, 0.2) is 18.2 Å². The van der Waals surface area contributed by atoms with Crippen molar-refractivity contribution in [1.82, 2.24) is 0 Å². The fourth-order valence-corrected chi connectivity index (χ4v) is 1.66. The summed E-state index contributed by atoms with van der Waals surface area (Å²) in [6.45, 7) is 1.05. The van der Waals surface area contributed by atoms with Crippen LogP contribution in [-0.2, 0) is 16.0 Å². The molecule has 2 rings (SSSR count). The molecule has 1 aliphatic heterocycles. The van der Waals surface area contributed by atoms with E-state index in [-0.39, 0.29) is 6.42 Å². The highest BCUT2D eigenvalue weighted by Gasteiger charge is 2.18. The molecule has 1 aromatic carbocycles. The summed E-state index contributed by atoms with van der Waals surface area (Å²) in [7, 11) is 1.25. The van der Waals surface area contributed by atoms with E-state index in [0.29, 0.717) is 24.7 Å². The number of fused-ring (bicyclic) bond motifs is 1. The number of carbonyl (C=O) groups is 1. The highest BCUT2D eigenvalue weighted by Crippen LogP contribution is 2.31. The van der Waals surface area contributed by atoms with E-state index in [1.807, 2.05) is 0 Å². The number of benzene rings is 1. The Labute approximate surface area is 98.9 Å². The smallest absolute Gasteiger partial charge is 0.335 e. The standard InChI is InChI=1S/C12H14O5/c1-15-12(14)9(13)6-8-2-3-10-11(7-8)17-5-4-16-10/h2-3,7,9,13H,4-6H2,1H3/t9-/m0/s1. The van der Waals surface area contributed by atoms with Crippen molar-refractivity contribution < 1.29 is 24.1 Å². The molecular formula is C12H14O5. The van der Waals surface area contributed by atoms with Gasteiger partial charge in [0.05, 0.1) is 7.11 Å². The molecule has 0 amide bonds. The Bertz CT molecular complexity index is 415. The first-order valence-electron chi connectivity index (χ1n) is 5.35. The second-order valence-electron chi connectivity index (χ2n) is 3.72. The molecule has 0 saturated heterocycles. The molecule has 1 aromatic rings. The molecule has 0 aliphatic carbocycles. The van der Waals surface area contributed by atoms with Crippen LogP contribution in [0, 0.1) is 0 Å². The molecule has 0 unspecified atom stereocenters. The molecule has 5 heteroatoms. The van der Waals surface area contributed by atoms with Crippen molar-refractivity contribution in [2.24, 2.45) is 0 Å². The molecule has 5 nitrogen and oxygen atoms in total. The van der Waals surface area contributed by atoms with Crippen molar-refractivity contribution in [3.8, 4) is 11.5 Å². The van der Waals surface area contributed by atoms with Crippen LogP contribution >= 0.6 is 0 Å². The number of methoxy groups -OCH3 is 1. The number of hydrogen-bond donors (Lipinski definition) is 1. The van der Waals surface area contributed by atoms with Gasteiger partial charge in [0.25, 0.3) is 0 Å². The number of aliphatic hydroxyl groups is 1. The second-order valence-corrected chi connectivity index (χ2v) is 3.72. The van der Waals surface area contributed by atoms with Crippen LogP contribution in [0.2, 0.25) is 0 Å². The van der Waals surface area contributed by atoms with Gasteiger partial charge in [-0.2, -0.15) is 0 Å². The van der Waals surface area contributed by atoms with E-state index in [9.17, 15) is 9.90 Å². The van der Waals surface area contributed by atoms with E-state index in [2.05, 4.69) is 4.74 Å². The molecule has 0 saturated carbocycles. The number of rotatable bonds is 3. The fourth-order valence-electron chi connectivity index (χ4n) is 1.66. The van der Waals surface area contributed by atoms with Gasteiger partial charge < -0.3 is 19.3 Å². The minimum atomic E-state index is -1.15. The lowest BCUT2D eigenvalue weighted by atomic mass is 10.1. The predicted molar refractivity (Wildman–Crippen MR) is 59.2 cm³/mol. The largest absolute Gasteiger partial charge is 0.486 e. The van der Waals surface area contributed by atoms with Gasteiger partial charge in [0.1, 0.15) is 13.2 Å². The quantitative estimate of drug-likeness (QED) is 0.778. The summed E-state index contributed by atoms with van der Waals surface area (Å²) in [6, 6.07) is 5.33. The van der Waals surface area contributed by atoms with Gasteiger partial charge in [-0.3, -0.25) is 0 Å². The third-order valence-electron chi connectivity index (χ3n) is 2.51. The summed E-state index contributed by atoms with van der Waals surface area (Å²) in [4.78, 5) is 11.1. The van der Waals surface area contributed by atoms with E-state index in [1.165, 1.54) is 7.11 Å². The number of carbonyl (C=O) groups excluding carboxylic acids is 1. The Morgan fingerprint density at radius 3 is 2.82 bits per heavy atom. The summed E-state index contributed by atoms with van der Waals surface area (Å²) >= 11 is 0. The van der Waals surface area contributed by atoms with Crippen LogP contribution in [0.4, 0.5) is 0 Å². The van der Waals surface area contributed by atoms with Crippen molar-refractivity contribution in [2.75, 3.05) is 20.3 Å². The fraction of sp³-hybridized carbons (Fsp3) is 0.417. The van der Waals surface area contributed by atoms with E-state index in [1.54, 1.807) is 18.2 Å². The number of esters is 1. The maximum absolute atomic E-state index is 11.1. The summed E-state index contributed by atoms with van der Waals surface area (Å²) in [5.74, 6) is 0.693. The molecule has 0 fully saturated rings. The second kappa shape index (κ2) is 5.05. The lowest BCUT2D eigenvalue weighted by Gasteiger charge is -2.19. The Kier molecular flexibility index (Phi) is 3.49. The van der Waals surface area contributed by atoms with Gasteiger partial charge in [-0.25, -0.2) is 4.79 Å². The first-order chi connectivity index (χ1) is 8.20. The monoisotopic (exact) mass is 238 g/mol. The third-order valence-corrected chi connectivity index (χ3v) is 2.51. The predicted octanol–water partition coefficient (Wildman–Crippen LogP) is 0.534. The van der Waals surface area contributed by atoms with Gasteiger partial charge in [0.2, 0.25) is 0 Å². The lowest BCUT2D eigenvalue weighted by Crippen LogP contribution is -2.24. The summed E-state index contributed by atoms with van der Waals surface area (Å²) in [6.07, 6.45) is -0.953. The van der Waals surface area contributed by atoms with E-state index in [0.717, 1.165) is 5.56 Å². The number of aliphatic hydroxyl groups excluding tert-OH is 1. The molecule has 17 heavy (non-hydrogen) atoms. The van der Waals surface area contributed by atoms with Crippen LogP contribution in [-0.4, -0.2) is 37.5 Å². The van der Waals surface area contributed by atoms with Gasteiger partial charge in [0, 0.05) is 6.42 Å². The zero-order valence-corrected chi connectivity index (χ0v) is 9.51. The summed E-state index contributed by atoms with van der Waals surface area (Å²) < 4.78 is 15.2. The van der Waals surface area contributed by atoms with Crippen molar-refractivity contribution in [1.29, 1.82) is 0 Å². The van der Waals surface area contributed by atoms with Crippen LogP contribution in [0.1, 0.15) is 5.56 Å². The van der Waals surface area contributed by atoms with Crippen LogP contribution in [0.5, 0.6) is 11.5 Å². The molecule has 0 spiro atoms. The van der Waals surface area contributed by atoms with Crippen LogP contribution in [0.3, 0.4) is 0 Å². The third kappa shape index (κ3) is 2.68. The zero-order chi connectivity index (χ0) is 12.3. The lowest BCUT2D eigenvalue weighted by molar-refractivity contribution is -0.150. The van der Waals surface area contributed by atoms with Crippen molar-refractivity contribution in [3.05, 3.63) is 23.8 Å². The summed E-state index contributed by atoms with van der Waals surface area (Å²) in [5.41, 5.74) is 0.798. The van der Waals surface area contributed by atoms with Gasteiger partial charge in [-0.05, 0) is 17.7 Å². The molecule has 1 heterocycles. The maximum Gasteiger partial charge on any atom is 0.335 e. The Hall–Kier alpha value is -1.75. The molecule has 1 N–H and O–H groups in total. The normalized spacial score (nSPS) is 15.2. The average molecular weight is 238 g/mol. The maximum atomic E-state index is 11.1. The highest BCUT2D eigenvalue weighted by molar-refractivity contribution is 5.74. The molecule has 0 aromatic heterocycles. The van der Waals surface area contributed by atoms with Gasteiger partial charge in [-0.15, -0.1) is 0 Å². The average Bonchev–Trinajstić information content (AvgIpc) is 2.37. The summed E-state index contributed by atoms with van der Waals surface area (Å²) in [5, 5.41) is 9.53. The molecular weight excluding hydrogens is 224 g/mol. The first kappa shape index (κ1) is 11.7. The topological polar surface area (TPSA) is 65.0 Å². The number of ether oxygens (including phenoxy) is 3. The van der Waals surface area contributed by atoms with Crippen molar-refractivity contribution in [3.63, 3.8) is 0 Å². The van der Waals surface area contributed by atoms with Crippen LogP contribution in [0.25, 0.3) is 0 Å². The molecule has 1 atom stereocenters. The van der Waals surface area contributed by atoms with Crippen molar-refractivity contribution in [2.45, 2.75) is 12.5 Å². The van der Waals surface area contributed by atoms with Crippen molar-refractivity contribution >= 4 is 5.97 Å². The number of hydrogen-bond acceptors (Lipinski definition) is 5. The van der Waals surface area contributed by atoms with Gasteiger partial charge in [0.15, 0.2) is 17.6 Å². The Morgan fingerprint density at radius 1 is 1.41 bits per heavy atom. The minimum absolute atomic E-state index is 0.198.